The maximum Gasteiger partial charge on any atom is 0.406 e. The van der Waals surface area contributed by atoms with Crippen LogP contribution in [-0.4, -0.2) is 141 Å². The fourth-order valence-electron chi connectivity index (χ4n) is 8.67. The van der Waals surface area contributed by atoms with Gasteiger partial charge in [0.15, 0.2) is 0 Å². The summed E-state index contributed by atoms with van der Waals surface area (Å²) in [5.41, 5.74) is 4.54. The molecule has 70 heavy (non-hydrogen) atoms. The second kappa shape index (κ2) is 21.1. The summed E-state index contributed by atoms with van der Waals surface area (Å²) in [6.45, 7) is 12.7. The number of carbonyl (C=O) groups excluding carboxylic acids is 4. The number of ether oxygens (including phenoxy) is 3. The zero-order valence-corrected chi connectivity index (χ0v) is 42.3. The van der Waals surface area contributed by atoms with Crippen molar-refractivity contribution in [1.29, 1.82) is 0 Å². The van der Waals surface area contributed by atoms with E-state index in [0.717, 1.165) is 11.5 Å². The van der Waals surface area contributed by atoms with Crippen LogP contribution in [0, 0.1) is 29.1 Å². The summed E-state index contributed by atoms with van der Waals surface area (Å²) in [5, 5.41) is 5.30. The molecule has 1 unspecified atom stereocenters. The van der Waals surface area contributed by atoms with Crippen LogP contribution in [0.1, 0.15) is 84.5 Å². The monoisotopic (exact) mass is 991 g/mol. The first-order valence-corrected chi connectivity index (χ1v) is 24.4. The predicted octanol–water partition coefficient (Wildman–Crippen LogP) is 5.98. The van der Waals surface area contributed by atoms with Crippen LogP contribution in [0.2, 0.25) is 0 Å². The number of methoxy groups -OCH3 is 1. The second-order valence-electron chi connectivity index (χ2n) is 20.3. The molecular formula is C50H64F3N9O7S. The number of fused-ring (bicyclic) bond motifs is 6. The van der Waals surface area contributed by atoms with Crippen LogP contribution in [0.25, 0.3) is 32.7 Å². The van der Waals surface area contributed by atoms with Gasteiger partial charge in [-0.05, 0) is 113 Å². The lowest BCUT2D eigenvalue weighted by Crippen LogP contribution is -2.61. The molecule has 3 aliphatic rings. The average Bonchev–Trinajstić information content (AvgIpc) is 3.87. The lowest BCUT2D eigenvalue weighted by atomic mass is 9.84. The van der Waals surface area contributed by atoms with E-state index in [9.17, 15) is 32.3 Å². The van der Waals surface area contributed by atoms with Crippen LogP contribution in [0.15, 0.2) is 36.5 Å². The molecule has 20 heteroatoms. The quantitative estimate of drug-likeness (QED) is 0.133. The van der Waals surface area contributed by atoms with E-state index in [4.69, 9.17) is 19.2 Å². The van der Waals surface area contributed by atoms with E-state index < -0.39 is 65.6 Å². The Hall–Kier alpha value is -5.46. The number of pyridine rings is 1. The Bertz CT molecular complexity index is 2650. The molecule has 3 aromatic heterocycles. The topological polar surface area (TPSA) is 173 Å². The Kier molecular flexibility index (Phi) is 15.8. The van der Waals surface area contributed by atoms with Crippen molar-refractivity contribution in [2.24, 2.45) is 17.3 Å². The van der Waals surface area contributed by atoms with E-state index in [-0.39, 0.29) is 56.4 Å². The third-order valence-corrected chi connectivity index (χ3v) is 14.2. The first kappa shape index (κ1) is 52.4. The van der Waals surface area contributed by atoms with Gasteiger partial charge >= 0.3 is 12.1 Å². The summed E-state index contributed by atoms with van der Waals surface area (Å²) < 4.78 is 67.6. The summed E-state index contributed by atoms with van der Waals surface area (Å²) in [6, 6.07) is 6.51. The van der Waals surface area contributed by atoms with Crippen LogP contribution in [0.3, 0.4) is 0 Å². The van der Waals surface area contributed by atoms with Gasteiger partial charge in [-0.25, -0.2) is 10.4 Å². The molecule has 0 saturated carbocycles. The van der Waals surface area contributed by atoms with Crippen LogP contribution in [-0.2, 0) is 52.8 Å². The Morgan fingerprint density at radius 3 is 2.56 bits per heavy atom. The van der Waals surface area contributed by atoms with Gasteiger partial charge < -0.3 is 29.0 Å². The van der Waals surface area contributed by atoms with Crippen molar-refractivity contribution >= 4 is 46.1 Å². The first-order valence-electron chi connectivity index (χ1n) is 23.6. The van der Waals surface area contributed by atoms with Gasteiger partial charge in [0, 0.05) is 66.8 Å². The molecule has 2 N–H and O–H groups in total. The van der Waals surface area contributed by atoms with Crippen LogP contribution < -0.4 is 10.7 Å². The number of likely N-dealkylation sites (tertiary alicyclic amines) is 1. The minimum atomic E-state index is -4.59. The Morgan fingerprint density at radius 2 is 1.87 bits per heavy atom. The molecule has 2 fully saturated rings. The minimum Gasteiger partial charge on any atom is -0.464 e. The van der Waals surface area contributed by atoms with Gasteiger partial charge in [0.05, 0.1) is 48.3 Å². The van der Waals surface area contributed by atoms with Gasteiger partial charge in [0.2, 0.25) is 5.91 Å². The molecule has 0 spiro atoms. The number of esters is 1. The lowest BCUT2D eigenvalue weighted by Gasteiger charge is -2.38. The number of nitrogens with one attached hydrogen (secondary N) is 2. The summed E-state index contributed by atoms with van der Waals surface area (Å²) in [4.78, 5) is 68.3. The zero-order chi connectivity index (χ0) is 50.9. The Balaban J connectivity index is 1.21. The molecule has 0 aliphatic carbocycles. The van der Waals surface area contributed by atoms with Crippen molar-refractivity contribution < 1.29 is 46.6 Å². The molecule has 3 amide bonds. The molecule has 2 saturated heterocycles. The summed E-state index contributed by atoms with van der Waals surface area (Å²) >= 11 is 1.07. The minimum absolute atomic E-state index is 0.0339. The highest BCUT2D eigenvalue weighted by Crippen LogP contribution is 2.43. The average molecular weight is 992 g/mol. The second-order valence-corrected chi connectivity index (χ2v) is 21.1. The smallest absolute Gasteiger partial charge is 0.406 e. The molecule has 4 aromatic rings. The number of rotatable bonds is 11. The van der Waals surface area contributed by atoms with E-state index >= 15 is 0 Å². The van der Waals surface area contributed by atoms with Gasteiger partial charge in [-0.3, -0.25) is 34.1 Å². The number of nitrogens with zero attached hydrogens (tertiary/aromatic N) is 7. The van der Waals surface area contributed by atoms with Crippen molar-refractivity contribution in [2.75, 3.05) is 54.1 Å². The largest absolute Gasteiger partial charge is 0.464 e. The molecule has 7 rings (SSSR count). The number of hydrazine groups is 1. The predicted molar refractivity (Wildman–Crippen MR) is 258 cm³/mol. The SMILES string of the molecule is CO[C@@H](C)c1ncccc1-c1c2c3cc(ccc3n1CC(F)(F)F)-c1nc(ns1)C[C@H](NC(=O)C(COC1CN(C(=O)C#CC(C)(C)N(C)C)C1)C(C)C)C(=O)N1CCC[C@H](N1)C(=O)OCC(C)(C)C2. The molecule has 6 bridgehead atoms. The Labute approximate surface area is 411 Å². The standard InChI is InChI=1S/C50H64F3N9O7S/c1-29(2)36(26-68-32-24-60(25-32)41(63)17-18-49(6,7)59(8)9)44(64)55-38-22-40-56-45(70-58-40)31-15-16-39-34(21-31)35(23-48(4,5)28-69-47(66)37-14-12-20-62(57-37)46(38)65)43(61(39)27-50(51,52)53)33-13-11-19-54-42(33)30(3)67-10/h11,13,15-16,19,21,29-30,32,36-38,57H,12,14,20,22-28H2,1-10H3,(H,55,64)/t30-,36?,37-,38-/m0/s1. The van der Waals surface area contributed by atoms with E-state index in [1.807, 2.05) is 60.5 Å². The molecule has 0 radical (unpaired) electrons. The number of hydrogen-bond donors (Lipinski definition) is 2. The number of aromatic nitrogens is 4. The molecule has 16 nitrogen and oxygen atoms in total. The highest BCUT2D eigenvalue weighted by molar-refractivity contribution is 7.09. The van der Waals surface area contributed by atoms with Gasteiger partial charge in [0.1, 0.15) is 29.5 Å². The number of halogens is 3. The van der Waals surface area contributed by atoms with Crippen molar-refractivity contribution in [3.8, 4) is 33.7 Å². The third kappa shape index (κ3) is 12.0. The number of carbonyl (C=O) groups is 4. The van der Waals surface area contributed by atoms with Gasteiger partial charge in [0.25, 0.3) is 11.8 Å². The number of cyclic esters (lactones) is 1. The van der Waals surface area contributed by atoms with E-state index in [2.05, 4.69) is 31.9 Å². The lowest BCUT2D eigenvalue weighted by molar-refractivity contribution is -0.155. The zero-order valence-electron chi connectivity index (χ0n) is 41.5. The van der Waals surface area contributed by atoms with Gasteiger partial charge in [-0.2, -0.15) is 17.5 Å². The van der Waals surface area contributed by atoms with Crippen molar-refractivity contribution in [3.05, 3.63) is 53.6 Å². The van der Waals surface area contributed by atoms with Gasteiger partial charge in [-0.1, -0.05) is 33.6 Å². The Morgan fingerprint density at radius 1 is 1.13 bits per heavy atom. The normalized spacial score (nSPS) is 20.1. The van der Waals surface area contributed by atoms with Crippen LogP contribution in [0.5, 0.6) is 0 Å². The third-order valence-electron chi connectivity index (χ3n) is 13.4. The maximum absolute atomic E-state index is 14.6. The maximum atomic E-state index is 14.6. The number of alkyl halides is 3. The molecule has 378 valence electrons. The molecule has 6 heterocycles. The van der Waals surface area contributed by atoms with Gasteiger partial charge in [-0.15, -0.1) is 0 Å². The molecule has 3 aliphatic heterocycles. The molecular weight excluding hydrogens is 928 g/mol. The fraction of sp³-hybridized carbons (Fsp3) is 0.580. The fourth-order valence-corrected chi connectivity index (χ4v) is 9.36. The highest BCUT2D eigenvalue weighted by atomic mass is 32.1. The van der Waals surface area contributed by atoms with E-state index in [1.54, 1.807) is 48.4 Å². The first-order chi connectivity index (χ1) is 32.9. The van der Waals surface area contributed by atoms with Crippen molar-refractivity contribution in [2.45, 2.75) is 117 Å². The highest BCUT2D eigenvalue weighted by Gasteiger charge is 2.39. The summed E-state index contributed by atoms with van der Waals surface area (Å²) in [7, 11) is 5.30. The number of amides is 3. The van der Waals surface area contributed by atoms with Crippen molar-refractivity contribution in [3.63, 3.8) is 0 Å². The number of hydrogen-bond acceptors (Lipinski definition) is 13. The van der Waals surface area contributed by atoms with E-state index in [0.29, 0.717) is 69.9 Å². The summed E-state index contributed by atoms with van der Waals surface area (Å²) in [6.07, 6.45) is -2.95. The summed E-state index contributed by atoms with van der Waals surface area (Å²) in [5.74, 6) is 3.29. The van der Waals surface area contributed by atoms with Crippen molar-refractivity contribution in [1.82, 2.24) is 44.5 Å². The van der Waals surface area contributed by atoms with Crippen LogP contribution >= 0.6 is 11.5 Å². The van der Waals surface area contributed by atoms with E-state index in [1.165, 1.54) is 16.7 Å². The number of benzene rings is 1. The molecule has 1 aromatic carbocycles. The van der Waals surface area contributed by atoms with Crippen LogP contribution in [0.4, 0.5) is 13.2 Å². The molecule has 4 atom stereocenters.